The molecule has 8 nitrogen and oxygen atoms in total. The quantitative estimate of drug-likeness (QED) is 0.456. The number of morpholine rings is 1. The first kappa shape index (κ1) is 19.8. The standard InChI is InChI=1S/C22H24N6O2/c1-2-6-18(7-3-1)17-24-27-20-16-21(28-11-14-29-15-12-28)26-22(25-20)30-13-9-19-8-4-5-10-23-19/h1-8,10,16-17H,9,11-15H2,(H,25,26,27). The van der Waals surface area contributed by atoms with Crippen LogP contribution in [0.3, 0.4) is 0 Å². The number of hydrazone groups is 1. The first-order valence-corrected chi connectivity index (χ1v) is 9.95. The van der Waals surface area contributed by atoms with Gasteiger partial charge < -0.3 is 14.4 Å². The summed E-state index contributed by atoms with van der Waals surface area (Å²) >= 11 is 0. The van der Waals surface area contributed by atoms with E-state index in [-0.39, 0.29) is 0 Å². The highest BCUT2D eigenvalue weighted by Gasteiger charge is 2.15. The molecule has 0 aliphatic carbocycles. The van der Waals surface area contributed by atoms with Crippen molar-refractivity contribution in [3.63, 3.8) is 0 Å². The molecule has 0 amide bonds. The monoisotopic (exact) mass is 404 g/mol. The number of aromatic nitrogens is 3. The molecule has 1 aliphatic heterocycles. The minimum Gasteiger partial charge on any atom is -0.463 e. The summed E-state index contributed by atoms with van der Waals surface area (Å²) in [6, 6.07) is 17.9. The molecule has 30 heavy (non-hydrogen) atoms. The van der Waals surface area contributed by atoms with Gasteiger partial charge in [-0.3, -0.25) is 10.4 Å². The summed E-state index contributed by atoms with van der Waals surface area (Å²) < 4.78 is 11.3. The van der Waals surface area contributed by atoms with Crippen LogP contribution in [0.25, 0.3) is 0 Å². The second-order valence-electron chi connectivity index (χ2n) is 6.69. The van der Waals surface area contributed by atoms with Crippen LogP contribution in [0.4, 0.5) is 11.6 Å². The third-order valence-electron chi connectivity index (χ3n) is 4.53. The van der Waals surface area contributed by atoms with Gasteiger partial charge in [0.25, 0.3) is 0 Å². The molecule has 0 unspecified atom stereocenters. The fourth-order valence-corrected chi connectivity index (χ4v) is 2.99. The van der Waals surface area contributed by atoms with E-state index in [0.29, 0.717) is 38.1 Å². The van der Waals surface area contributed by atoms with E-state index in [9.17, 15) is 0 Å². The van der Waals surface area contributed by atoms with E-state index >= 15 is 0 Å². The number of hydrogen-bond acceptors (Lipinski definition) is 8. The van der Waals surface area contributed by atoms with Crippen LogP contribution in [0.5, 0.6) is 6.01 Å². The molecule has 1 saturated heterocycles. The molecule has 1 fully saturated rings. The van der Waals surface area contributed by atoms with Gasteiger partial charge in [-0.1, -0.05) is 36.4 Å². The Morgan fingerprint density at radius 3 is 2.70 bits per heavy atom. The van der Waals surface area contributed by atoms with Crippen LogP contribution in [0.2, 0.25) is 0 Å². The van der Waals surface area contributed by atoms with Crippen molar-refractivity contribution < 1.29 is 9.47 Å². The van der Waals surface area contributed by atoms with Crippen LogP contribution in [0, 0.1) is 0 Å². The lowest BCUT2D eigenvalue weighted by atomic mass is 10.2. The number of benzene rings is 1. The third kappa shape index (κ3) is 5.74. The minimum atomic E-state index is 0.312. The largest absolute Gasteiger partial charge is 0.463 e. The zero-order valence-electron chi connectivity index (χ0n) is 16.6. The van der Waals surface area contributed by atoms with Gasteiger partial charge in [-0.25, -0.2) is 0 Å². The Bertz CT molecular complexity index is 946. The molecule has 1 aromatic carbocycles. The Labute approximate surface area is 175 Å². The van der Waals surface area contributed by atoms with Crippen LogP contribution in [-0.2, 0) is 11.2 Å². The van der Waals surface area contributed by atoms with Gasteiger partial charge in [0.05, 0.1) is 26.0 Å². The first-order valence-electron chi connectivity index (χ1n) is 9.95. The number of rotatable bonds is 8. The smallest absolute Gasteiger partial charge is 0.320 e. The number of anilines is 2. The maximum absolute atomic E-state index is 5.83. The molecule has 0 atom stereocenters. The topological polar surface area (TPSA) is 84.8 Å². The lowest BCUT2D eigenvalue weighted by Gasteiger charge is -2.28. The molecular weight excluding hydrogens is 380 g/mol. The predicted molar refractivity (Wildman–Crippen MR) is 116 cm³/mol. The maximum Gasteiger partial charge on any atom is 0.320 e. The second kappa shape index (κ2) is 10.3. The van der Waals surface area contributed by atoms with Crippen molar-refractivity contribution >= 4 is 17.9 Å². The molecule has 0 bridgehead atoms. The molecule has 8 heteroatoms. The Morgan fingerprint density at radius 2 is 1.90 bits per heavy atom. The van der Waals surface area contributed by atoms with Crippen molar-refractivity contribution in [3.05, 3.63) is 72.1 Å². The molecule has 4 rings (SSSR count). The Kier molecular flexibility index (Phi) is 6.80. The fraction of sp³-hybridized carbons (Fsp3) is 0.273. The van der Waals surface area contributed by atoms with Gasteiger partial charge in [0.2, 0.25) is 0 Å². The van der Waals surface area contributed by atoms with Crippen LogP contribution < -0.4 is 15.1 Å². The van der Waals surface area contributed by atoms with Gasteiger partial charge in [0.15, 0.2) is 5.82 Å². The van der Waals surface area contributed by atoms with E-state index in [2.05, 4.69) is 30.4 Å². The average Bonchev–Trinajstić information content (AvgIpc) is 2.81. The molecule has 154 valence electrons. The molecule has 0 radical (unpaired) electrons. The molecular formula is C22H24N6O2. The van der Waals surface area contributed by atoms with Crippen molar-refractivity contribution in [2.75, 3.05) is 43.2 Å². The van der Waals surface area contributed by atoms with Gasteiger partial charge in [0, 0.05) is 37.5 Å². The third-order valence-corrected chi connectivity index (χ3v) is 4.53. The van der Waals surface area contributed by atoms with Crippen molar-refractivity contribution in [2.45, 2.75) is 6.42 Å². The minimum absolute atomic E-state index is 0.312. The Morgan fingerprint density at radius 1 is 1.07 bits per heavy atom. The highest BCUT2D eigenvalue weighted by atomic mass is 16.5. The average molecular weight is 404 g/mol. The van der Waals surface area contributed by atoms with Gasteiger partial charge in [0.1, 0.15) is 5.82 Å². The Hall–Kier alpha value is -3.52. The first-order chi connectivity index (χ1) is 14.9. The summed E-state index contributed by atoms with van der Waals surface area (Å²) in [6.45, 7) is 3.34. The van der Waals surface area contributed by atoms with E-state index < -0.39 is 0 Å². The summed E-state index contributed by atoms with van der Waals surface area (Å²) in [5.74, 6) is 1.37. The number of pyridine rings is 1. The van der Waals surface area contributed by atoms with Crippen LogP contribution in [0.1, 0.15) is 11.3 Å². The molecule has 0 spiro atoms. The van der Waals surface area contributed by atoms with Crippen molar-refractivity contribution in [3.8, 4) is 6.01 Å². The second-order valence-corrected chi connectivity index (χ2v) is 6.69. The highest BCUT2D eigenvalue weighted by Crippen LogP contribution is 2.20. The molecule has 1 aliphatic rings. The van der Waals surface area contributed by atoms with E-state index in [0.717, 1.165) is 30.2 Å². The Balaban J connectivity index is 1.46. The summed E-state index contributed by atoms with van der Waals surface area (Å²) in [5, 5.41) is 4.29. The lowest BCUT2D eigenvalue weighted by Crippen LogP contribution is -2.36. The lowest BCUT2D eigenvalue weighted by molar-refractivity contribution is 0.122. The summed E-state index contributed by atoms with van der Waals surface area (Å²) in [5.41, 5.74) is 4.95. The summed E-state index contributed by atoms with van der Waals surface area (Å²) in [4.78, 5) is 15.5. The van der Waals surface area contributed by atoms with Crippen molar-refractivity contribution in [1.29, 1.82) is 0 Å². The van der Waals surface area contributed by atoms with Gasteiger partial charge >= 0.3 is 6.01 Å². The zero-order valence-corrected chi connectivity index (χ0v) is 16.6. The number of hydrogen-bond donors (Lipinski definition) is 1. The van der Waals surface area contributed by atoms with E-state index in [1.807, 2.05) is 54.6 Å². The predicted octanol–water partition coefficient (Wildman–Crippen LogP) is 2.78. The molecule has 3 heterocycles. The van der Waals surface area contributed by atoms with Crippen molar-refractivity contribution in [2.24, 2.45) is 5.10 Å². The van der Waals surface area contributed by atoms with Gasteiger partial charge in [-0.15, -0.1) is 0 Å². The van der Waals surface area contributed by atoms with Crippen LogP contribution >= 0.6 is 0 Å². The van der Waals surface area contributed by atoms with E-state index in [1.54, 1.807) is 12.4 Å². The summed E-state index contributed by atoms with van der Waals surface area (Å²) in [7, 11) is 0. The van der Waals surface area contributed by atoms with Crippen molar-refractivity contribution in [1.82, 2.24) is 15.0 Å². The maximum atomic E-state index is 5.83. The van der Waals surface area contributed by atoms with E-state index in [4.69, 9.17) is 9.47 Å². The SMILES string of the molecule is C(=NNc1cc(N2CCOCC2)nc(OCCc2ccccn2)n1)c1ccccc1. The molecule has 0 saturated carbocycles. The van der Waals surface area contributed by atoms with Gasteiger partial charge in [-0.2, -0.15) is 15.1 Å². The highest BCUT2D eigenvalue weighted by molar-refractivity contribution is 5.79. The fourth-order valence-electron chi connectivity index (χ4n) is 2.99. The number of nitrogens with one attached hydrogen (secondary N) is 1. The van der Waals surface area contributed by atoms with Crippen LogP contribution in [0.15, 0.2) is 65.9 Å². The number of nitrogens with zero attached hydrogens (tertiary/aromatic N) is 5. The number of ether oxygens (including phenoxy) is 2. The molecule has 2 aromatic heterocycles. The summed E-state index contributed by atoms with van der Waals surface area (Å²) in [6.07, 6.45) is 4.21. The van der Waals surface area contributed by atoms with Crippen LogP contribution in [-0.4, -0.2) is 54.1 Å². The van der Waals surface area contributed by atoms with Gasteiger partial charge in [-0.05, 0) is 17.7 Å². The normalized spacial score (nSPS) is 14.1. The molecule has 3 aromatic rings. The van der Waals surface area contributed by atoms with E-state index in [1.165, 1.54) is 0 Å². The molecule has 1 N–H and O–H groups in total. The zero-order chi connectivity index (χ0) is 20.4.